The molecule has 0 unspecified atom stereocenters. The molecule has 2 aromatic rings. The third-order valence-corrected chi connectivity index (χ3v) is 2.29. The van der Waals surface area contributed by atoms with Crippen LogP contribution in [-0.2, 0) is 0 Å². The topological polar surface area (TPSA) is 69.4 Å². The fraction of sp³-hybridized carbons (Fsp3) is 0.250. The molecule has 0 aromatic carbocycles. The van der Waals surface area contributed by atoms with Crippen LogP contribution in [0.2, 0.25) is 0 Å². The Labute approximate surface area is 102 Å². The first-order chi connectivity index (χ1) is 7.94. The normalized spacial score (nSPS) is 11.8. The molecular weight excluding hydrogens is 303 g/mol. The molecule has 17 heavy (non-hydrogen) atoms. The Balaban J connectivity index is 2.06. The van der Waals surface area contributed by atoms with Gasteiger partial charge < -0.3 is 10.3 Å². The zero-order valence-electron chi connectivity index (χ0n) is 8.27. The molecule has 9 heteroatoms. The predicted molar refractivity (Wildman–Crippen MR) is 58.4 cm³/mol. The Morgan fingerprint density at radius 2 is 2.18 bits per heavy atom. The van der Waals surface area contributed by atoms with Gasteiger partial charge in [0, 0.05) is 10.7 Å². The third-order valence-electron chi connectivity index (χ3n) is 1.84. The Kier molecular flexibility index (Phi) is 3.09. The van der Waals surface area contributed by atoms with Crippen LogP contribution in [0, 0.1) is 0 Å². The Hall–Kier alpha value is -1.51. The zero-order chi connectivity index (χ0) is 12.5. The molecule has 0 atom stereocenters. The van der Waals surface area contributed by atoms with Crippen molar-refractivity contribution in [3.63, 3.8) is 0 Å². The molecule has 0 aliphatic rings. The summed E-state index contributed by atoms with van der Waals surface area (Å²) in [6, 6.07) is 1.73. The van der Waals surface area contributed by atoms with Gasteiger partial charge >= 0.3 is 6.18 Å². The number of anilines is 1. The lowest BCUT2D eigenvalue weighted by Crippen LogP contribution is -2.21. The second-order valence-corrected chi connectivity index (χ2v) is 4.12. The molecule has 0 amide bonds. The monoisotopic (exact) mass is 309 g/mol. The highest BCUT2D eigenvalue weighted by molar-refractivity contribution is 9.10. The van der Waals surface area contributed by atoms with Crippen molar-refractivity contribution in [2.75, 3.05) is 11.9 Å². The van der Waals surface area contributed by atoms with Crippen LogP contribution in [0.4, 0.5) is 19.1 Å². The number of alkyl halides is 3. The first-order valence-corrected chi connectivity index (χ1v) is 5.31. The summed E-state index contributed by atoms with van der Waals surface area (Å²) in [5.74, 6) is 0.267. The summed E-state index contributed by atoms with van der Waals surface area (Å²) in [5, 5.41) is 8.23. The average molecular weight is 310 g/mol. The molecular formula is C8H7BrF3N5. The van der Waals surface area contributed by atoms with Crippen LogP contribution in [-0.4, -0.2) is 32.9 Å². The smallest absolute Gasteiger partial charge is 0.358 e. The lowest BCUT2D eigenvalue weighted by Gasteiger charge is -2.04. The van der Waals surface area contributed by atoms with Gasteiger partial charge in [-0.3, -0.25) is 5.10 Å². The quantitative estimate of drug-likeness (QED) is 0.816. The molecule has 0 fully saturated rings. The zero-order valence-corrected chi connectivity index (χ0v) is 9.85. The molecule has 0 spiro atoms. The number of hydrogen-bond acceptors (Lipinski definition) is 3. The number of aromatic amines is 2. The van der Waals surface area contributed by atoms with Crippen molar-refractivity contribution >= 4 is 21.9 Å². The van der Waals surface area contributed by atoms with E-state index in [4.69, 9.17) is 0 Å². The molecule has 92 valence electrons. The van der Waals surface area contributed by atoms with E-state index in [0.29, 0.717) is 11.5 Å². The van der Waals surface area contributed by atoms with E-state index in [9.17, 15) is 13.2 Å². The van der Waals surface area contributed by atoms with Crippen molar-refractivity contribution in [2.45, 2.75) is 6.18 Å². The van der Waals surface area contributed by atoms with Crippen LogP contribution in [0.3, 0.4) is 0 Å². The second kappa shape index (κ2) is 4.40. The lowest BCUT2D eigenvalue weighted by atomic mass is 10.4. The average Bonchev–Trinajstić information content (AvgIpc) is 2.81. The van der Waals surface area contributed by atoms with Gasteiger partial charge in [-0.25, -0.2) is 0 Å². The molecule has 0 saturated carbocycles. The fourth-order valence-electron chi connectivity index (χ4n) is 1.15. The van der Waals surface area contributed by atoms with Gasteiger partial charge in [-0.1, -0.05) is 0 Å². The van der Waals surface area contributed by atoms with Crippen LogP contribution in [0.5, 0.6) is 0 Å². The number of hydrogen-bond donors (Lipinski definition) is 3. The molecule has 3 N–H and O–H groups in total. The standard InChI is InChI=1S/C8H7BrF3N5/c9-4-1-5(13-2-4)6-15-7(17-16-6)14-3-8(10,11)12/h1-2,13H,3H2,(H2,14,15,16,17). The van der Waals surface area contributed by atoms with Crippen molar-refractivity contribution < 1.29 is 13.2 Å². The molecule has 0 radical (unpaired) electrons. The third kappa shape index (κ3) is 3.22. The molecule has 0 aliphatic heterocycles. The maximum absolute atomic E-state index is 11.9. The minimum atomic E-state index is -4.30. The predicted octanol–water partition coefficient (Wildman–Crippen LogP) is 2.54. The SMILES string of the molecule is FC(F)(F)CNc1n[nH]c(-c2cc(Br)c[nH]2)n1. The van der Waals surface area contributed by atoms with E-state index < -0.39 is 12.7 Å². The number of nitrogens with one attached hydrogen (secondary N) is 3. The highest BCUT2D eigenvalue weighted by Crippen LogP contribution is 2.20. The summed E-state index contributed by atoms with van der Waals surface area (Å²) >= 11 is 3.24. The van der Waals surface area contributed by atoms with Crippen molar-refractivity contribution in [1.82, 2.24) is 20.2 Å². The van der Waals surface area contributed by atoms with Crippen LogP contribution in [0.1, 0.15) is 0 Å². The number of aromatic nitrogens is 4. The van der Waals surface area contributed by atoms with E-state index in [2.05, 4.69) is 41.4 Å². The number of halogens is 4. The summed E-state index contributed by atoms with van der Waals surface area (Å²) in [5.41, 5.74) is 0.629. The van der Waals surface area contributed by atoms with Gasteiger partial charge in [-0.15, -0.1) is 5.10 Å². The van der Waals surface area contributed by atoms with Gasteiger partial charge in [0.25, 0.3) is 0 Å². The maximum atomic E-state index is 11.9. The van der Waals surface area contributed by atoms with E-state index in [0.717, 1.165) is 4.47 Å². The van der Waals surface area contributed by atoms with Crippen molar-refractivity contribution in [3.8, 4) is 11.5 Å². The van der Waals surface area contributed by atoms with Crippen molar-refractivity contribution in [3.05, 3.63) is 16.7 Å². The van der Waals surface area contributed by atoms with Crippen molar-refractivity contribution in [1.29, 1.82) is 0 Å². The van der Waals surface area contributed by atoms with Gasteiger partial charge in [0.1, 0.15) is 6.54 Å². The summed E-state index contributed by atoms with van der Waals surface area (Å²) in [7, 11) is 0. The number of rotatable bonds is 3. The van der Waals surface area contributed by atoms with Crippen LogP contribution in [0.15, 0.2) is 16.7 Å². The van der Waals surface area contributed by atoms with E-state index in [1.165, 1.54) is 0 Å². The van der Waals surface area contributed by atoms with Crippen molar-refractivity contribution in [2.24, 2.45) is 0 Å². The molecule has 0 bridgehead atoms. The molecule has 2 aromatic heterocycles. The van der Waals surface area contributed by atoms with Crippen LogP contribution in [0.25, 0.3) is 11.5 Å². The molecule has 2 heterocycles. The molecule has 2 rings (SSSR count). The van der Waals surface area contributed by atoms with Gasteiger partial charge in [-0.2, -0.15) is 18.2 Å². The van der Waals surface area contributed by atoms with Gasteiger partial charge in [0.15, 0.2) is 5.82 Å². The first-order valence-electron chi connectivity index (χ1n) is 4.51. The van der Waals surface area contributed by atoms with E-state index in [1.54, 1.807) is 12.3 Å². The van der Waals surface area contributed by atoms with Gasteiger partial charge in [0.05, 0.1) is 5.69 Å². The van der Waals surface area contributed by atoms with Crippen LogP contribution >= 0.6 is 15.9 Å². The van der Waals surface area contributed by atoms with E-state index in [1.807, 2.05) is 0 Å². The summed E-state index contributed by atoms with van der Waals surface area (Å²) in [6.45, 7) is -1.17. The maximum Gasteiger partial charge on any atom is 0.405 e. The Morgan fingerprint density at radius 3 is 2.76 bits per heavy atom. The lowest BCUT2D eigenvalue weighted by molar-refractivity contribution is -0.115. The minimum Gasteiger partial charge on any atom is -0.358 e. The highest BCUT2D eigenvalue weighted by Gasteiger charge is 2.27. The Morgan fingerprint density at radius 1 is 1.41 bits per heavy atom. The number of nitrogens with zero attached hydrogens (tertiary/aromatic N) is 2. The molecule has 0 saturated heterocycles. The fourth-order valence-corrected chi connectivity index (χ4v) is 1.49. The van der Waals surface area contributed by atoms with E-state index >= 15 is 0 Å². The first kappa shape index (κ1) is 12.0. The number of H-pyrrole nitrogens is 2. The second-order valence-electron chi connectivity index (χ2n) is 3.21. The largest absolute Gasteiger partial charge is 0.405 e. The molecule has 0 aliphatic carbocycles. The summed E-state index contributed by atoms with van der Waals surface area (Å²) in [4.78, 5) is 6.74. The molecule has 5 nitrogen and oxygen atoms in total. The highest BCUT2D eigenvalue weighted by atomic mass is 79.9. The summed E-state index contributed by atoms with van der Waals surface area (Å²) in [6.07, 6.45) is -2.61. The van der Waals surface area contributed by atoms with Crippen LogP contribution < -0.4 is 5.32 Å². The minimum absolute atomic E-state index is 0.0944. The van der Waals surface area contributed by atoms with Gasteiger partial charge in [-0.05, 0) is 22.0 Å². The Bertz CT molecular complexity index is 503. The summed E-state index contributed by atoms with van der Waals surface area (Å²) < 4.78 is 36.6. The van der Waals surface area contributed by atoms with E-state index in [-0.39, 0.29) is 5.95 Å². The van der Waals surface area contributed by atoms with Gasteiger partial charge in [0.2, 0.25) is 5.95 Å².